The van der Waals surface area contributed by atoms with E-state index in [0.717, 1.165) is 6.26 Å². The van der Waals surface area contributed by atoms with Crippen LogP contribution in [0.4, 0.5) is 5.69 Å². The van der Waals surface area contributed by atoms with Gasteiger partial charge in [-0.15, -0.1) is 0 Å². The Morgan fingerprint density at radius 1 is 1.38 bits per heavy atom. The molecule has 6 nitrogen and oxygen atoms in total. The molecule has 1 atom stereocenters. The lowest BCUT2D eigenvalue weighted by Gasteiger charge is -2.11. The van der Waals surface area contributed by atoms with E-state index in [2.05, 4.69) is 0 Å². The number of ether oxygens (including phenoxy) is 2. The first kappa shape index (κ1) is 10.8. The van der Waals surface area contributed by atoms with E-state index in [9.17, 15) is 8.42 Å². The number of nitrogens with two attached hydrogens (primary N) is 1. The summed E-state index contributed by atoms with van der Waals surface area (Å²) in [6.45, 7) is 0. The van der Waals surface area contributed by atoms with Gasteiger partial charge in [-0.25, -0.2) is 0 Å². The van der Waals surface area contributed by atoms with Gasteiger partial charge < -0.3 is 15.2 Å². The highest BCUT2D eigenvalue weighted by Crippen LogP contribution is 2.30. The fourth-order valence-electron chi connectivity index (χ4n) is 1.25. The molecule has 2 rings (SSSR count). The number of anilines is 1. The molecule has 0 amide bonds. The normalized spacial score (nSPS) is 19.8. The van der Waals surface area contributed by atoms with Gasteiger partial charge in [0.1, 0.15) is 6.26 Å². The van der Waals surface area contributed by atoms with Crippen molar-refractivity contribution < 1.29 is 22.4 Å². The number of benzene rings is 1. The highest BCUT2D eigenvalue weighted by Gasteiger charge is 2.29. The summed E-state index contributed by atoms with van der Waals surface area (Å²) < 4.78 is 40.0. The van der Waals surface area contributed by atoms with E-state index >= 15 is 0 Å². The second-order valence-corrected chi connectivity index (χ2v) is 4.52. The second kappa shape index (κ2) is 3.69. The van der Waals surface area contributed by atoms with Gasteiger partial charge in [-0.3, -0.25) is 4.55 Å². The molecule has 1 aliphatic rings. The lowest BCUT2D eigenvalue weighted by Crippen LogP contribution is -2.05. The summed E-state index contributed by atoms with van der Waals surface area (Å²) in [4.78, 5) is 0. The van der Waals surface area contributed by atoms with Crippen LogP contribution in [-0.2, 0) is 19.6 Å². The van der Waals surface area contributed by atoms with E-state index in [-0.39, 0.29) is 0 Å². The summed E-state index contributed by atoms with van der Waals surface area (Å²) in [5.74, 6) is 0. The van der Waals surface area contributed by atoms with Crippen molar-refractivity contribution >= 4 is 15.8 Å². The van der Waals surface area contributed by atoms with E-state index in [0.29, 0.717) is 11.3 Å². The van der Waals surface area contributed by atoms with Crippen LogP contribution < -0.4 is 5.73 Å². The van der Waals surface area contributed by atoms with Gasteiger partial charge in [0.25, 0.3) is 11.4 Å². The third-order valence-electron chi connectivity index (χ3n) is 1.95. The van der Waals surface area contributed by atoms with Crippen molar-refractivity contribution in [3.8, 4) is 0 Å². The Labute approximate surface area is 92.0 Å². The van der Waals surface area contributed by atoms with Gasteiger partial charge in [-0.2, -0.15) is 8.42 Å². The Morgan fingerprint density at radius 3 is 2.69 bits per heavy atom. The van der Waals surface area contributed by atoms with Crippen LogP contribution in [0.15, 0.2) is 35.6 Å². The Hall–Kier alpha value is -1.73. The van der Waals surface area contributed by atoms with Crippen molar-refractivity contribution in [3.05, 3.63) is 41.2 Å². The zero-order valence-electron chi connectivity index (χ0n) is 8.03. The first-order chi connectivity index (χ1) is 7.47. The standard InChI is InChI=1S/C9H9NO5S/c10-7-3-1-2-6(4-7)9-14-5-8(15-9)16(11,12)13/h1-5,9H,10H2,(H,11,12,13). The number of rotatable bonds is 2. The van der Waals surface area contributed by atoms with E-state index in [1.165, 1.54) is 0 Å². The van der Waals surface area contributed by atoms with Crippen LogP contribution in [0, 0.1) is 0 Å². The van der Waals surface area contributed by atoms with Crippen molar-refractivity contribution in [2.75, 3.05) is 5.73 Å². The molecule has 0 bridgehead atoms. The largest absolute Gasteiger partial charge is 0.454 e. The molecule has 7 heteroatoms. The Bertz CT molecular complexity index is 537. The van der Waals surface area contributed by atoms with Crippen LogP contribution in [0.2, 0.25) is 0 Å². The van der Waals surface area contributed by atoms with Gasteiger partial charge in [0.15, 0.2) is 0 Å². The SMILES string of the molecule is Nc1cccc(C2OC=C(S(=O)(=O)O)O2)c1. The van der Waals surface area contributed by atoms with Crippen molar-refractivity contribution in [3.63, 3.8) is 0 Å². The third kappa shape index (κ3) is 2.10. The zero-order valence-corrected chi connectivity index (χ0v) is 8.85. The quantitative estimate of drug-likeness (QED) is 0.594. The third-order valence-corrected chi connectivity index (χ3v) is 2.65. The maximum atomic E-state index is 10.7. The molecule has 1 heterocycles. The molecule has 0 saturated heterocycles. The first-order valence-electron chi connectivity index (χ1n) is 4.32. The Morgan fingerprint density at radius 2 is 2.12 bits per heavy atom. The van der Waals surface area contributed by atoms with Crippen molar-refractivity contribution in [2.24, 2.45) is 0 Å². The zero-order chi connectivity index (χ0) is 11.8. The molecule has 1 aromatic carbocycles. The smallest absolute Gasteiger partial charge is 0.331 e. The van der Waals surface area contributed by atoms with E-state index < -0.39 is 21.5 Å². The molecule has 1 aromatic rings. The molecule has 16 heavy (non-hydrogen) atoms. The van der Waals surface area contributed by atoms with Gasteiger partial charge in [0.05, 0.1) is 0 Å². The van der Waals surface area contributed by atoms with Crippen LogP contribution in [0.25, 0.3) is 0 Å². The Kier molecular flexibility index (Phi) is 2.49. The number of hydrogen-bond donors (Lipinski definition) is 2. The summed E-state index contributed by atoms with van der Waals surface area (Å²) in [6, 6.07) is 6.62. The minimum atomic E-state index is -4.37. The molecule has 0 aromatic heterocycles. The maximum Gasteiger partial charge on any atom is 0.331 e. The van der Waals surface area contributed by atoms with Crippen LogP contribution in [-0.4, -0.2) is 13.0 Å². The summed E-state index contributed by atoms with van der Waals surface area (Å²) in [5.41, 5.74) is 6.62. The molecule has 0 fully saturated rings. The molecular weight excluding hydrogens is 234 g/mol. The summed E-state index contributed by atoms with van der Waals surface area (Å²) >= 11 is 0. The minimum absolute atomic E-state index is 0.505. The summed E-state index contributed by atoms with van der Waals surface area (Å²) in [5, 5.41) is -0.611. The topological polar surface area (TPSA) is 98.9 Å². The van der Waals surface area contributed by atoms with Gasteiger partial charge >= 0.3 is 10.1 Å². The van der Waals surface area contributed by atoms with Gasteiger partial charge in [-0.05, 0) is 12.1 Å². The predicted molar refractivity (Wildman–Crippen MR) is 55.4 cm³/mol. The average molecular weight is 243 g/mol. The van der Waals surface area contributed by atoms with Gasteiger partial charge in [0.2, 0.25) is 0 Å². The maximum absolute atomic E-state index is 10.7. The highest BCUT2D eigenvalue weighted by atomic mass is 32.2. The second-order valence-electron chi connectivity index (χ2n) is 3.17. The van der Waals surface area contributed by atoms with Gasteiger partial charge in [0, 0.05) is 11.3 Å². The lowest BCUT2D eigenvalue weighted by molar-refractivity contribution is -0.0286. The molecule has 1 unspecified atom stereocenters. The van der Waals surface area contributed by atoms with Crippen LogP contribution in [0.5, 0.6) is 0 Å². The van der Waals surface area contributed by atoms with E-state index in [4.69, 9.17) is 19.8 Å². The molecule has 0 radical (unpaired) electrons. The first-order valence-corrected chi connectivity index (χ1v) is 5.76. The van der Waals surface area contributed by atoms with Crippen molar-refractivity contribution in [2.45, 2.75) is 6.29 Å². The monoisotopic (exact) mass is 243 g/mol. The van der Waals surface area contributed by atoms with Crippen molar-refractivity contribution in [1.82, 2.24) is 0 Å². The number of nitrogen functional groups attached to an aromatic ring is 1. The fraction of sp³-hybridized carbons (Fsp3) is 0.111. The number of hydrogen-bond acceptors (Lipinski definition) is 5. The average Bonchev–Trinajstić information content (AvgIpc) is 2.65. The predicted octanol–water partition coefficient (Wildman–Crippen LogP) is 1.00. The fourth-order valence-corrected chi connectivity index (χ4v) is 1.64. The molecule has 0 aliphatic carbocycles. The highest BCUT2D eigenvalue weighted by molar-refractivity contribution is 7.89. The molecule has 0 spiro atoms. The molecule has 86 valence electrons. The van der Waals surface area contributed by atoms with Crippen LogP contribution >= 0.6 is 0 Å². The van der Waals surface area contributed by atoms with E-state index in [1.54, 1.807) is 24.3 Å². The lowest BCUT2D eigenvalue weighted by atomic mass is 10.2. The van der Waals surface area contributed by atoms with E-state index in [1.807, 2.05) is 0 Å². The molecular formula is C9H9NO5S. The molecule has 1 aliphatic heterocycles. The van der Waals surface area contributed by atoms with Crippen LogP contribution in [0.3, 0.4) is 0 Å². The molecule has 0 saturated carbocycles. The van der Waals surface area contributed by atoms with Crippen LogP contribution in [0.1, 0.15) is 11.9 Å². The summed E-state index contributed by atoms with van der Waals surface area (Å²) in [7, 11) is -4.37. The molecule has 3 N–H and O–H groups in total. The Balaban J connectivity index is 2.19. The summed E-state index contributed by atoms with van der Waals surface area (Å²) in [6.07, 6.45) is -0.0520. The van der Waals surface area contributed by atoms with Gasteiger partial charge in [-0.1, -0.05) is 12.1 Å². The van der Waals surface area contributed by atoms with Crippen molar-refractivity contribution in [1.29, 1.82) is 0 Å². The minimum Gasteiger partial charge on any atom is -0.454 e.